The Hall–Kier alpha value is -0.0800. The molecule has 0 heterocycles. The Morgan fingerprint density at radius 1 is 0.929 bits per heavy atom. The van der Waals surface area contributed by atoms with E-state index < -0.39 is 0 Å². The fourth-order valence-corrected chi connectivity index (χ4v) is 2.09. The zero-order chi connectivity index (χ0) is 10.2. The fourth-order valence-electron chi connectivity index (χ4n) is 2.09. The summed E-state index contributed by atoms with van der Waals surface area (Å²) in [5.74, 6) is 1.44. The minimum atomic E-state index is 0.335. The van der Waals surface area contributed by atoms with Crippen molar-refractivity contribution >= 4 is 0 Å². The molecule has 0 bridgehead atoms. The quantitative estimate of drug-likeness (QED) is 0.561. The van der Waals surface area contributed by atoms with Crippen molar-refractivity contribution in [1.82, 2.24) is 0 Å². The number of aliphatic hydroxyl groups excluding tert-OH is 2. The molecule has 1 aliphatic rings. The van der Waals surface area contributed by atoms with Gasteiger partial charge in [0.15, 0.2) is 0 Å². The zero-order valence-corrected chi connectivity index (χ0v) is 9.12. The Labute approximate surface area is 87.3 Å². The summed E-state index contributed by atoms with van der Waals surface area (Å²) in [6.45, 7) is 0.725. The van der Waals surface area contributed by atoms with E-state index in [-0.39, 0.29) is 0 Å². The lowest BCUT2D eigenvalue weighted by Crippen LogP contribution is -2.08. The van der Waals surface area contributed by atoms with Crippen LogP contribution in [0.4, 0.5) is 0 Å². The smallest absolute Gasteiger partial charge is 0.0461 e. The third-order valence-electron chi connectivity index (χ3n) is 3.26. The molecule has 0 aromatic rings. The first-order valence-electron chi connectivity index (χ1n) is 6.10. The first kappa shape index (κ1) is 12.0. The Kier molecular flexibility index (Phi) is 6.20. The van der Waals surface area contributed by atoms with Crippen LogP contribution in [0.5, 0.6) is 0 Å². The molecule has 84 valence electrons. The molecule has 2 N–H and O–H groups in total. The van der Waals surface area contributed by atoms with Crippen molar-refractivity contribution in [2.24, 2.45) is 11.8 Å². The lowest BCUT2D eigenvalue weighted by Gasteiger charge is -2.12. The number of unbranched alkanes of at least 4 members (excludes halogenated alkanes) is 4. The Morgan fingerprint density at radius 2 is 1.57 bits per heavy atom. The highest BCUT2D eigenvalue weighted by atomic mass is 16.3. The topological polar surface area (TPSA) is 40.5 Å². The highest BCUT2D eigenvalue weighted by Gasteiger charge is 2.29. The maximum Gasteiger partial charge on any atom is 0.0461 e. The first-order chi connectivity index (χ1) is 6.88. The maximum atomic E-state index is 9.14. The van der Waals surface area contributed by atoms with Gasteiger partial charge in [-0.05, 0) is 37.5 Å². The summed E-state index contributed by atoms with van der Waals surface area (Å²) in [5.41, 5.74) is 0. The van der Waals surface area contributed by atoms with E-state index in [9.17, 15) is 0 Å². The monoisotopic (exact) mass is 200 g/mol. The third kappa shape index (κ3) is 4.97. The summed E-state index contributed by atoms with van der Waals surface area (Å²) in [7, 11) is 0. The lowest BCUT2D eigenvalue weighted by molar-refractivity contribution is 0.198. The van der Waals surface area contributed by atoms with Gasteiger partial charge in [-0.15, -0.1) is 0 Å². The van der Waals surface area contributed by atoms with Gasteiger partial charge < -0.3 is 10.2 Å². The molecular formula is C12H24O2. The van der Waals surface area contributed by atoms with Crippen molar-refractivity contribution in [1.29, 1.82) is 0 Å². The Balaban J connectivity index is 1.86. The van der Waals surface area contributed by atoms with E-state index in [0.717, 1.165) is 18.8 Å². The van der Waals surface area contributed by atoms with E-state index in [1.165, 1.54) is 38.5 Å². The average molecular weight is 200 g/mol. The molecule has 2 heteroatoms. The van der Waals surface area contributed by atoms with E-state index in [4.69, 9.17) is 10.2 Å². The summed E-state index contributed by atoms with van der Waals surface area (Å²) in [4.78, 5) is 0. The van der Waals surface area contributed by atoms with Gasteiger partial charge in [0.2, 0.25) is 0 Å². The molecular weight excluding hydrogens is 176 g/mol. The molecule has 0 radical (unpaired) electrons. The van der Waals surface area contributed by atoms with Gasteiger partial charge in [0.25, 0.3) is 0 Å². The first-order valence-corrected chi connectivity index (χ1v) is 6.10. The van der Waals surface area contributed by atoms with Gasteiger partial charge in [-0.25, -0.2) is 0 Å². The van der Waals surface area contributed by atoms with Crippen molar-refractivity contribution in [3.05, 3.63) is 0 Å². The van der Waals surface area contributed by atoms with E-state index in [1.54, 1.807) is 0 Å². The third-order valence-corrected chi connectivity index (χ3v) is 3.26. The number of hydrogen-bond donors (Lipinski definition) is 2. The van der Waals surface area contributed by atoms with E-state index in [2.05, 4.69) is 0 Å². The standard InChI is InChI=1S/C12H24O2/c13-9-5-3-1-2-4-6-12(10-14)11-7-8-11/h11-14H,1-10H2. The van der Waals surface area contributed by atoms with E-state index >= 15 is 0 Å². The molecule has 1 unspecified atom stereocenters. The molecule has 0 aliphatic heterocycles. The molecule has 0 amide bonds. The molecule has 0 aromatic heterocycles. The van der Waals surface area contributed by atoms with E-state index in [1.807, 2.05) is 0 Å². The van der Waals surface area contributed by atoms with Crippen LogP contribution in [0.15, 0.2) is 0 Å². The Morgan fingerprint density at radius 3 is 2.14 bits per heavy atom. The predicted molar refractivity (Wildman–Crippen MR) is 58.1 cm³/mol. The highest BCUT2D eigenvalue weighted by molar-refractivity contribution is 4.80. The second-order valence-corrected chi connectivity index (χ2v) is 4.56. The highest BCUT2D eigenvalue weighted by Crippen LogP contribution is 2.38. The van der Waals surface area contributed by atoms with Crippen molar-refractivity contribution in [2.45, 2.75) is 51.4 Å². The summed E-state index contributed by atoms with van der Waals surface area (Å²) in [5, 5.41) is 17.7. The van der Waals surface area contributed by atoms with Gasteiger partial charge in [0.05, 0.1) is 0 Å². The molecule has 1 rings (SSSR count). The van der Waals surface area contributed by atoms with Crippen LogP contribution in [0.25, 0.3) is 0 Å². The van der Waals surface area contributed by atoms with Gasteiger partial charge >= 0.3 is 0 Å². The SMILES string of the molecule is OCCCCCCCC(CO)C1CC1. The number of hydrogen-bond acceptors (Lipinski definition) is 2. The largest absolute Gasteiger partial charge is 0.396 e. The summed E-state index contributed by atoms with van der Waals surface area (Å²) in [6, 6.07) is 0. The molecule has 1 saturated carbocycles. The molecule has 14 heavy (non-hydrogen) atoms. The van der Waals surface area contributed by atoms with Crippen molar-refractivity contribution in [2.75, 3.05) is 13.2 Å². The van der Waals surface area contributed by atoms with Crippen molar-refractivity contribution in [3.63, 3.8) is 0 Å². The van der Waals surface area contributed by atoms with Crippen LogP contribution in [0.3, 0.4) is 0 Å². The number of rotatable bonds is 9. The lowest BCUT2D eigenvalue weighted by atomic mass is 9.97. The molecule has 0 aromatic carbocycles. The molecule has 2 nitrogen and oxygen atoms in total. The molecule has 1 atom stereocenters. The van der Waals surface area contributed by atoms with Crippen LogP contribution in [0, 0.1) is 11.8 Å². The zero-order valence-electron chi connectivity index (χ0n) is 9.12. The fraction of sp³-hybridized carbons (Fsp3) is 1.00. The van der Waals surface area contributed by atoms with Crippen LogP contribution < -0.4 is 0 Å². The van der Waals surface area contributed by atoms with Gasteiger partial charge in [0.1, 0.15) is 0 Å². The summed E-state index contributed by atoms with van der Waals surface area (Å²) in [6.07, 6.45) is 9.77. The van der Waals surface area contributed by atoms with Gasteiger partial charge in [0, 0.05) is 13.2 Å². The minimum absolute atomic E-state index is 0.335. The normalized spacial score (nSPS) is 18.4. The van der Waals surface area contributed by atoms with E-state index in [0.29, 0.717) is 19.1 Å². The van der Waals surface area contributed by atoms with Crippen LogP contribution in [-0.2, 0) is 0 Å². The average Bonchev–Trinajstić information content (AvgIpc) is 3.01. The second kappa shape index (κ2) is 7.24. The molecule has 1 fully saturated rings. The summed E-state index contributed by atoms with van der Waals surface area (Å²) < 4.78 is 0. The molecule has 0 spiro atoms. The van der Waals surface area contributed by atoms with Gasteiger partial charge in [-0.3, -0.25) is 0 Å². The predicted octanol–water partition coefficient (Wildman–Crippen LogP) is 2.34. The van der Waals surface area contributed by atoms with Crippen LogP contribution in [0.1, 0.15) is 51.4 Å². The Bertz CT molecular complexity index is 132. The van der Waals surface area contributed by atoms with Crippen molar-refractivity contribution < 1.29 is 10.2 Å². The van der Waals surface area contributed by atoms with Crippen LogP contribution in [-0.4, -0.2) is 23.4 Å². The van der Waals surface area contributed by atoms with Gasteiger partial charge in [-0.2, -0.15) is 0 Å². The molecule has 0 saturated heterocycles. The maximum absolute atomic E-state index is 9.14. The van der Waals surface area contributed by atoms with Crippen LogP contribution in [0.2, 0.25) is 0 Å². The molecule has 1 aliphatic carbocycles. The van der Waals surface area contributed by atoms with Crippen LogP contribution >= 0.6 is 0 Å². The minimum Gasteiger partial charge on any atom is -0.396 e. The van der Waals surface area contributed by atoms with Gasteiger partial charge in [-0.1, -0.05) is 25.7 Å². The van der Waals surface area contributed by atoms with Crippen molar-refractivity contribution in [3.8, 4) is 0 Å². The number of aliphatic hydroxyl groups is 2. The summed E-state index contributed by atoms with van der Waals surface area (Å²) >= 11 is 0. The second-order valence-electron chi connectivity index (χ2n) is 4.56.